The zero-order chi connectivity index (χ0) is 19.9. The van der Waals surface area contributed by atoms with E-state index in [9.17, 15) is 9.59 Å². The first kappa shape index (κ1) is 19.5. The van der Waals surface area contributed by atoms with Crippen LogP contribution in [0.4, 0.5) is 10.5 Å². The van der Waals surface area contributed by atoms with E-state index in [0.717, 1.165) is 12.0 Å². The molecule has 0 atom stereocenters. The fourth-order valence-electron chi connectivity index (χ4n) is 2.95. The van der Waals surface area contributed by atoms with Gasteiger partial charge in [-0.3, -0.25) is 4.79 Å². The van der Waals surface area contributed by atoms with Crippen LogP contribution in [0.3, 0.4) is 0 Å². The van der Waals surface area contributed by atoms with E-state index in [-0.39, 0.29) is 32.1 Å². The van der Waals surface area contributed by atoms with Gasteiger partial charge >= 0.3 is 6.09 Å². The van der Waals surface area contributed by atoms with E-state index in [1.807, 2.05) is 37.3 Å². The molecule has 2 aromatic carbocycles. The molecule has 1 aliphatic rings. The quantitative estimate of drug-likeness (QED) is 0.552. The Morgan fingerprint density at radius 2 is 1.82 bits per heavy atom. The molecule has 1 heterocycles. The summed E-state index contributed by atoms with van der Waals surface area (Å²) in [5.74, 6) is 0.879. The van der Waals surface area contributed by atoms with Gasteiger partial charge in [0.1, 0.15) is 6.61 Å². The van der Waals surface area contributed by atoms with Gasteiger partial charge < -0.3 is 24.8 Å². The molecule has 7 heteroatoms. The lowest BCUT2D eigenvalue weighted by Crippen LogP contribution is -2.34. The van der Waals surface area contributed by atoms with E-state index in [1.165, 1.54) is 0 Å². The molecular weight excluding hydrogens is 360 g/mol. The number of amides is 1. The fourth-order valence-corrected chi connectivity index (χ4v) is 2.95. The smallest absolute Gasteiger partial charge is 0.410 e. The lowest BCUT2D eigenvalue weighted by atomic mass is 10.0. The van der Waals surface area contributed by atoms with Gasteiger partial charge in [0.2, 0.25) is 6.79 Å². The third kappa shape index (κ3) is 4.73. The molecular formula is C21H24N2O5. The number of nitrogen functional groups attached to an aromatic ring is 1. The van der Waals surface area contributed by atoms with Crippen molar-refractivity contribution < 1.29 is 23.8 Å². The predicted octanol–water partition coefficient (Wildman–Crippen LogP) is 3.62. The highest BCUT2D eigenvalue weighted by molar-refractivity contribution is 6.01. The van der Waals surface area contributed by atoms with Crippen molar-refractivity contribution in [3.63, 3.8) is 0 Å². The highest BCUT2D eigenvalue weighted by Gasteiger charge is 2.21. The Bertz CT molecular complexity index is 838. The van der Waals surface area contributed by atoms with Gasteiger partial charge in [-0.2, -0.15) is 0 Å². The number of rotatable bonds is 8. The zero-order valence-electron chi connectivity index (χ0n) is 15.8. The second-order valence-electron chi connectivity index (χ2n) is 6.49. The number of Topliss-reactive ketones (excluding diaryl/α,β-unsaturated/α-hetero) is 1. The monoisotopic (exact) mass is 384 g/mol. The molecule has 148 valence electrons. The molecule has 0 fully saturated rings. The Labute approximate surface area is 164 Å². The van der Waals surface area contributed by atoms with Crippen molar-refractivity contribution in [2.75, 3.05) is 25.6 Å². The number of benzene rings is 2. The fraction of sp³-hybridized carbons (Fsp3) is 0.333. The number of carbonyl (C=O) groups excluding carboxylic acids is 2. The number of hydrogen-bond acceptors (Lipinski definition) is 6. The SMILES string of the molecule is CCCN(CCC(=O)c1cc2c(cc1N)OCO2)C(=O)OCc1ccccc1. The predicted molar refractivity (Wildman–Crippen MR) is 104 cm³/mol. The van der Waals surface area contributed by atoms with Crippen molar-refractivity contribution in [3.8, 4) is 11.5 Å². The molecule has 28 heavy (non-hydrogen) atoms. The second kappa shape index (κ2) is 9.12. The summed E-state index contributed by atoms with van der Waals surface area (Å²) in [6.07, 6.45) is 0.475. The Balaban J connectivity index is 1.58. The molecule has 2 aromatic rings. The van der Waals surface area contributed by atoms with Gasteiger partial charge in [0, 0.05) is 36.8 Å². The van der Waals surface area contributed by atoms with Crippen molar-refractivity contribution in [1.82, 2.24) is 4.90 Å². The summed E-state index contributed by atoms with van der Waals surface area (Å²) in [6.45, 7) is 3.05. The van der Waals surface area contributed by atoms with Crippen LogP contribution >= 0.6 is 0 Å². The largest absolute Gasteiger partial charge is 0.454 e. The van der Waals surface area contributed by atoms with Crippen LogP contribution in [0.5, 0.6) is 11.5 Å². The topological polar surface area (TPSA) is 91.1 Å². The maximum atomic E-state index is 12.6. The van der Waals surface area contributed by atoms with Gasteiger partial charge in [0.05, 0.1) is 0 Å². The highest BCUT2D eigenvalue weighted by Crippen LogP contribution is 2.36. The van der Waals surface area contributed by atoms with Crippen LogP contribution in [0.15, 0.2) is 42.5 Å². The maximum Gasteiger partial charge on any atom is 0.410 e. The summed E-state index contributed by atoms with van der Waals surface area (Å²) < 4.78 is 15.9. The second-order valence-corrected chi connectivity index (χ2v) is 6.49. The van der Waals surface area contributed by atoms with Gasteiger partial charge in [-0.25, -0.2) is 4.79 Å². The summed E-state index contributed by atoms with van der Waals surface area (Å²) in [5.41, 5.74) is 7.59. The number of anilines is 1. The zero-order valence-corrected chi connectivity index (χ0v) is 15.8. The minimum absolute atomic E-state index is 0.115. The minimum atomic E-state index is -0.433. The first-order valence-electron chi connectivity index (χ1n) is 9.26. The molecule has 0 unspecified atom stereocenters. The minimum Gasteiger partial charge on any atom is -0.454 e. The van der Waals surface area contributed by atoms with E-state index in [1.54, 1.807) is 17.0 Å². The molecule has 0 bridgehead atoms. The first-order valence-corrected chi connectivity index (χ1v) is 9.26. The maximum absolute atomic E-state index is 12.6. The summed E-state index contributed by atoms with van der Waals surface area (Å²) in [6, 6.07) is 12.7. The molecule has 2 N–H and O–H groups in total. The average molecular weight is 384 g/mol. The lowest BCUT2D eigenvalue weighted by Gasteiger charge is -2.21. The van der Waals surface area contributed by atoms with Crippen molar-refractivity contribution in [3.05, 3.63) is 53.6 Å². The molecule has 0 aromatic heterocycles. The average Bonchev–Trinajstić information content (AvgIpc) is 3.16. The molecule has 7 nitrogen and oxygen atoms in total. The van der Waals surface area contributed by atoms with Crippen LogP contribution in [0.25, 0.3) is 0 Å². The molecule has 0 saturated heterocycles. The molecule has 3 rings (SSSR count). The number of fused-ring (bicyclic) bond motifs is 1. The molecule has 1 aliphatic heterocycles. The Morgan fingerprint density at radius 3 is 2.54 bits per heavy atom. The van der Waals surface area contributed by atoms with Gasteiger partial charge in [0.25, 0.3) is 0 Å². The number of ether oxygens (including phenoxy) is 3. The molecule has 1 amide bonds. The summed E-state index contributed by atoms with van der Waals surface area (Å²) >= 11 is 0. The van der Waals surface area contributed by atoms with Crippen molar-refractivity contribution >= 4 is 17.6 Å². The third-order valence-corrected chi connectivity index (χ3v) is 4.41. The summed E-state index contributed by atoms with van der Waals surface area (Å²) in [7, 11) is 0. The van der Waals surface area contributed by atoms with Crippen molar-refractivity contribution in [1.29, 1.82) is 0 Å². The van der Waals surface area contributed by atoms with E-state index in [2.05, 4.69) is 0 Å². The van der Waals surface area contributed by atoms with Crippen LogP contribution < -0.4 is 15.2 Å². The van der Waals surface area contributed by atoms with Crippen molar-refractivity contribution in [2.45, 2.75) is 26.4 Å². The van der Waals surface area contributed by atoms with Gasteiger partial charge in [-0.05, 0) is 18.1 Å². The lowest BCUT2D eigenvalue weighted by molar-refractivity contribution is 0.0883. The molecule has 0 saturated carbocycles. The van der Waals surface area contributed by atoms with Crippen LogP contribution in [-0.4, -0.2) is 36.7 Å². The first-order chi connectivity index (χ1) is 13.6. The van der Waals surface area contributed by atoms with Crippen LogP contribution in [0.1, 0.15) is 35.7 Å². The van der Waals surface area contributed by atoms with Crippen LogP contribution in [-0.2, 0) is 11.3 Å². The van der Waals surface area contributed by atoms with Gasteiger partial charge in [-0.1, -0.05) is 37.3 Å². The summed E-state index contributed by atoms with van der Waals surface area (Å²) in [5, 5.41) is 0. The van der Waals surface area contributed by atoms with E-state index in [4.69, 9.17) is 19.9 Å². The molecule has 0 aliphatic carbocycles. The number of hydrogen-bond donors (Lipinski definition) is 1. The Kier molecular flexibility index (Phi) is 6.37. The third-order valence-electron chi connectivity index (χ3n) is 4.41. The van der Waals surface area contributed by atoms with Gasteiger partial charge in [0.15, 0.2) is 17.3 Å². The molecule has 0 spiro atoms. The van der Waals surface area contributed by atoms with E-state index >= 15 is 0 Å². The number of carbonyl (C=O) groups is 2. The van der Waals surface area contributed by atoms with Crippen LogP contribution in [0, 0.1) is 0 Å². The Hall–Kier alpha value is -3.22. The summed E-state index contributed by atoms with van der Waals surface area (Å²) in [4.78, 5) is 26.6. The Morgan fingerprint density at radius 1 is 1.11 bits per heavy atom. The number of nitrogens with two attached hydrogens (primary N) is 1. The molecule has 0 radical (unpaired) electrons. The number of nitrogens with zero attached hydrogens (tertiary/aromatic N) is 1. The van der Waals surface area contributed by atoms with Crippen molar-refractivity contribution in [2.24, 2.45) is 0 Å². The van der Waals surface area contributed by atoms with E-state index < -0.39 is 6.09 Å². The number of ketones is 1. The standard InChI is InChI=1S/C21H24N2O5/c1-2-9-23(21(25)26-13-15-6-4-3-5-7-15)10-8-18(24)16-11-19-20(12-17(16)22)28-14-27-19/h3-7,11-12H,2,8-10,13-14,22H2,1H3. The van der Waals surface area contributed by atoms with E-state index in [0.29, 0.717) is 29.3 Å². The van der Waals surface area contributed by atoms with Gasteiger partial charge in [-0.15, -0.1) is 0 Å². The van der Waals surface area contributed by atoms with Crippen LogP contribution in [0.2, 0.25) is 0 Å². The highest BCUT2D eigenvalue weighted by atomic mass is 16.7. The normalized spacial score (nSPS) is 11.9.